The lowest BCUT2D eigenvalue weighted by Crippen LogP contribution is -2.50. The fraction of sp³-hybridized carbons (Fsp3) is 0.483. The predicted octanol–water partition coefficient (Wildman–Crippen LogP) is 5.10. The highest BCUT2D eigenvalue weighted by atomic mass is 32.2. The van der Waals surface area contributed by atoms with Crippen LogP contribution in [0.5, 0.6) is 0 Å². The largest absolute Gasteiger partial charge is 0.460 e. The summed E-state index contributed by atoms with van der Waals surface area (Å²) in [6.45, 7) is 12.1. The Kier molecular flexibility index (Phi) is 7.72. The van der Waals surface area contributed by atoms with Gasteiger partial charge >= 0.3 is 5.97 Å². The Bertz CT molecular complexity index is 1320. The summed E-state index contributed by atoms with van der Waals surface area (Å²) in [4.78, 5) is 28.0. The number of esters is 1. The van der Waals surface area contributed by atoms with Crippen LogP contribution in [0, 0.1) is 18.8 Å². The monoisotopic (exact) mass is 523 g/mol. The number of nitrogens with zero attached hydrogens (tertiary/aromatic N) is 1. The number of hydrogen-bond donors (Lipinski definition) is 3. The summed E-state index contributed by atoms with van der Waals surface area (Å²) >= 11 is 1.27. The number of hydrogen-bond acceptors (Lipinski definition) is 7. The van der Waals surface area contributed by atoms with Gasteiger partial charge in [0.25, 0.3) is 0 Å². The van der Waals surface area contributed by atoms with Gasteiger partial charge in [-0.25, -0.2) is 0 Å². The second kappa shape index (κ2) is 10.5. The molecule has 0 saturated carbocycles. The van der Waals surface area contributed by atoms with Crippen molar-refractivity contribution >= 4 is 40.2 Å². The molecule has 0 amide bonds. The van der Waals surface area contributed by atoms with E-state index in [9.17, 15) is 14.7 Å². The number of aliphatic hydroxyl groups is 1. The average Bonchev–Trinajstić information content (AvgIpc) is 3.21. The van der Waals surface area contributed by atoms with Crippen molar-refractivity contribution in [1.29, 1.82) is 0 Å². The van der Waals surface area contributed by atoms with Gasteiger partial charge in [-0.15, -0.1) is 11.8 Å². The number of aliphatic hydroxyl groups excluding tert-OH is 1. The number of nitrogens with two attached hydrogens (primary N) is 1. The number of aromatic nitrogens is 2. The maximum Gasteiger partial charge on any atom is 0.327 e. The van der Waals surface area contributed by atoms with Gasteiger partial charge < -0.3 is 15.6 Å². The highest BCUT2D eigenvalue weighted by molar-refractivity contribution is 8.01. The second-order valence-corrected chi connectivity index (χ2v) is 12.5. The van der Waals surface area contributed by atoms with Gasteiger partial charge in [-0.1, -0.05) is 52.8 Å². The molecule has 37 heavy (non-hydrogen) atoms. The van der Waals surface area contributed by atoms with Gasteiger partial charge in [0.1, 0.15) is 6.10 Å². The van der Waals surface area contributed by atoms with E-state index in [1.54, 1.807) is 0 Å². The van der Waals surface area contributed by atoms with Crippen molar-refractivity contribution < 1.29 is 19.4 Å². The van der Waals surface area contributed by atoms with Crippen molar-refractivity contribution in [1.82, 2.24) is 10.2 Å². The first-order valence-electron chi connectivity index (χ1n) is 12.8. The number of thioether (sulfide) groups is 1. The number of ether oxygens (including phenoxy) is 1. The molecule has 1 aliphatic heterocycles. The lowest BCUT2D eigenvalue weighted by atomic mass is 9.82. The Morgan fingerprint density at radius 1 is 1.19 bits per heavy atom. The maximum absolute atomic E-state index is 13.9. The second-order valence-electron chi connectivity index (χ2n) is 11.3. The molecule has 198 valence electrons. The summed E-state index contributed by atoms with van der Waals surface area (Å²) in [5.41, 5.74) is 10.5. The number of nitrogens with one attached hydrogen (secondary N) is 1. The normalized spacial score (nSPS) is 20.6. The molecular weight excluding hydrogens is 486 g/mol. The van der Waals surface area contributed by atoms with Crippen LogP contribution in [-0.4, -0.2) is 38.4 Å². The van der Waals surface area contributed by atoms with E-state index in [4.69, 9.17) is 10.5 Å². The number of aromatic amines is 1. The molecule has 0 radical (unpaired) electrons. The zero-order valence-electron chi connectivity index (χ0n) is 22.4. The minimum atomic E-state index is -0.935. The van der Waals surface area contributed by atoms with Crippen molar-refractivity contribution in [3.63, 3.8) is 0 Å². The molecule has 3 unspecified atom stereocenters. The molecule has 1 aromatic heterocycles. The van der Waals surface area contributed by atoms with Crippen LogP contribution in [0.15, 0.2) is 35.2 Å². The molecule has 0 aliphatic carbocycles. The van der Waals surface area contributed by atoms with E-state index in [0.717, 1.165) is 38.1 Å². The number of fused-ring (bicyclic) bond motifs is 1. The molecule has 1 saturated heterocycles. The summed E-state index contributed by atoms with van der Waals surface area (Å²) < 4.78 is 5.94. The predicted molar refractivity (Wildman–Crippen MR) is 147 cm³/mol. The Morgan fingerprint density at radius 3 is 2.57 bits per heavy atom. The molecule has 8 heteroatoms. The number of carbonyl (C=O) groups is 2. The average molecular weight is 524 g/mol. The first-order chi connectivity index (χ1) is 17.4. The SMILES string of the molecule is Cc1cc(SC2C(=O)OC(C(C)C)C(CCc3cccc4[nH]nc(N)c34)C2=O)c(C(C)(C)C)cc1CO. The van der Waals surface area contributed by atoms with Crippen LogP contribution in [0.25, 0.3) is 10.9 Å². The zero-order chi connectivity index (χ0) is 27.1. The smallest absolute Gasteiger partial charge is 0.327 e. The molecule has 1 aliphatic rings. The lowest BCUT2D eigenvalue weighted by molar-refractivity contribution is -0.165. The maximum atomic E-state index is 13.9. The summed E-state index contributed by atoms with van der Waals surface area (Å²) in [5, 5.41) is 16.8. The van der Waals surface area contributed by atoms with Gasteiger partial charge in [0.15, 0.2) is 16.9 Å². The van der Waals surface area contributed by atoms with Crippen LogP contribution in [0.1, 0.15) is 63.3 Å². The molecular formula is C29H37N3O4S. The molecule has 4 rings (SSSR count). The quantitative estimate of drug-likeness (QED) is 0.291. The Morgan fingerprint density at radius 2 is 1.92 bits per heavy atom. The molecule has 3 atom stereocenters. The number of H-pyrrole nitrogens is 1. The molecule has 2 heterocycles. The topological polar surface area (TPSA) is 118 Å². The van der Waals surface area contributed by atoms with E-state index >= 15 is 0 Å². The van der Waals surface area contributed by atoms with Crippen molar-refractivity contribution in [3.05, 3.63) is 52.6 Å². The third-order valence-electron chi connectivity index (χ3n) is 7.23. The van der Waals surface area contributed by atoms with Crippen molar-refractivity contribution in [3.8, 4) is 0 Å². The summed E-state index contributed by atoms with van der Waals surface area (Å²) in [6, 6.07) is 9.84. The Hall–Kier alpha value is -2.84. The summed E-state index contributed by atoms with van der Waals surface area (Å²) in [5.74, 6) is -0.535. The summed E-state index contributed by atoms with van der Waals surface area (Å²) in [6.07, 6.45) is 0.690. The molecule has 2 aromatic carbocycles. The van der Waals surface area contributed by atoms with Gasteiger partial charge in [0.2, 0.25) is 0 Å². The van der Waals surface area contributed by atoms with Crippen LogP contribution >= 0.6 is 11.8 Å². The molecule has 0 spiro atoms. The van der Waals surface area contributed by atoms with Crippen LogP contribution in [0.4, 0.5) is 5.82 Å². The van der Waals surface area contributed by atoms with Crippen molar-refractivity contribution in [2.75, 3.05) is 5.73 Å². The third-order valence-corrected chi connectivity index (χ3v) is 8.49. The van der Waals surface area contributed by atoms with Crippen LogP contribution < -0.4 is 5.73 Å². The first kappa shape index (κ1) is 27.2. The number of carbonyl (C=O) groups excluding carboxylic acids is 2. The molecule has 1 fully saturated rings. The summed E-state index contributed by atoms with van der Waals surface area (Å²) in [7, 11) is 0. The Labute approximate surface area is 222 Å². The number of rotatable bonds is 7. The number of benzene rings is 2. The number of Topliss-reactive ketones (excluding diaryl/α,β-unsaturated/α-hetero) is 1. The third kappa shape index (κ3) is 5.41. The van der Waals surface area contributed by atoms with Crippen molar-refractivity contribution in [2.45, 2.75) is 82.7 Å². The van der Waals surface area contributed by atoms with Crippen LogP contribution in [-0.2, 0) is 32.8 Å². The van der Waals surface area contributed by atoms with E-state index in [0.29, 0.717) is 18.7 Å². The molecule has 0 bridgehead atoms. The minimum Gasteiger partial charge on any atom is -0.460 e. The fourth-order valence-corrected chi connectivity index (χ4v) is 6.60. The molecule has 3 aromatic rings. The van der Waals surface area contributed by atoms with Gasteiger partial charge in [-0.3, -0.25) is 14.7 Å². The van der Waals surface area contributed by atoms with E-state index in [2.05, 4.69) is 31.0 Å². The number of ketones is 1. The number of anilines is 1. The van der Waals surface area contributed by atoms with Crippen LogP contribution in [0.2, 0.25) is 0 Å². The number of aryl methyl sites for hydroxylation is 2. The van der Waals surface area contributed by atoms with Crippen LogP contribution in [0.3, 0.4) is 0 Å². The highest BCUT2D eigenvalue weighted by Crippen LogP contribution is 2.41. The lowest BCUT2D eigenvalue weighted by Gasteiger charge is -2.36. The molecule has 7 nitrogen and oxygen atoms in total. The van der Waals surface area contributed by atoms with E-state index in [1.807, 2.05) is 51.1 Å². The van der Waals surface area contributed by atoms with Gasteiger partial charge in [0.05, 0.1) is 18.0 Å². The highest BCUT2D eigenvalue weighted by Gasteiger charge is 2.46. The molecule has 4 N–H and O–H groups in total. The van der Waals surface area contributed by atoms with Crippen molar-refractivity contribution in [2.24, 2.45) is 11.8 Å². The first-order valence-corrected chi connectivity index (χ1v) is 13.7. The Balaban J connectivity index is 1.64. The van der Waals surface area contributed by atoms with E-state index < -0.39 is 23.2 Å². The fourth-order valence-electron chi connectivity index (χ4n) is 5.16. The van der Waals surface area contributed by atoms with Gasteiger partial charge in [-0.2, -0.15) is 5.10 Å². The number of cyclic esters (lactones) is 1. The standard InChI is InChI=1S/C29H37N3O4S/c1-15(2)25-19(11-10-17-8-7-9-21-23(17)27(30)32-31-21)24(34)26(28(35)36-25)37-22-12-16(3)18(14-33)13-20(22)29(4,5)6/h7-9,12-13,15,19,25-26,33H,10-11,14H2,1-6H3,(H3,30,31,32). The van der Waals surface area contributed by atoms with Gasteiger partial charge in [0, 0.05) is 10.3 Å². The minimum absolute atomic E-state index is 0.00913. The van der Waals surface area contributed by atoms with E-state index in [-0.39, 0.29) is 23.7 Å². The van der Waals surface area contributed by atoms with Gasteiger partial charge in [-0.05, 0) is 65.5 Å². The number of nitrogen functional groups attached to an aromatic ring is 1. The zero-order valence-corrected chi connectivity index (χ0v) is 23.2. The van der Waals surface area contributed by atoms with E-state index in [1.165, 1.54) is 11.8 Å².